The summed E-state index contributed by atoms with van der Waals surface area (Å²) >= 11 is 1.82. The van der Waals surface area contributed by atoms with Gasteiger partial charge < -0.3 is 10.6 Å². The molecule has 3 nitrogen and oxygen atoms in total. The van der Waals surface area contributed by atoms with E-state index in [4.69, 9.17) is 0 Å². The molecule has 2 N–H and O–H groups in total. The molecule has 0 aromatic carbocycles. The number of hydrogen-bond acceptors (Lipinski definition) is 3. The Kier molecular flexibility index (Phi) is 4.32. The maximum atomic E-state index is 11.5. The molecule has 74 valence electrons. The van der Waals surface area contributed by atoms with Crippen molar-refractivity contribution in [2.24, 2.45) is 0 Å². The molecule has 1 amide bonds. The fourth-order valence-electron chi connectivity index (χ4n) is 1.12. The van der Waals surface area contributed by atoms with E-state index in [-0.39, 0.29) is 18.0 Å². The van der Waals surface area contributed by atoms with Gasteiger partial charge in [-0.1, -0.05) is 6.08 Å². The number of carbonyl (C=O) groups excluding carboxylic acids is 1. The largest absolute Gasteiger partial charge is 0.349 e. The molecule has 0 spiro atoms. The third kappa shape index (κ3) is 3.40. The van der Waals surface area contributed by atoms with E-state index in [0.29, 0.717) is 0 Å². The summed E-state index contributed by atoms with van der Waals surface area (Å²) in [6.07, 6.45) is 1.73. The SMILES string of the molecule is C=CC(C)NC(=O)C1CSCCN1. The van der Waals surface area contributed by atoms with E-state index < -0.39 is 0 Å². The highest BCUT2D eigenvalue weighted by atomic mass is 32.2. The van der Waals surface area contributed by atoms with Crippen molar-refractivity contribution >= 4 is 17.7 Å². The maximum Gasteiger partial charge on any atom is 0.238 e. The summed E-state index contributed by atoms with van der Waals surface area (Å²) in [6.45, 7) is 6.46. The second-order valence-electron chi connectivity index (χ2n) is 3.11. The molecule has 0 bridgehead atoms. The van der Waals surface area contributed by atoms with Crippen LogP contribution in [-0.4, -0.2) is 36.0 Å². The Hall–Kier alpha value is -0.480. The number of amides is 1. The Morgan fingerprint density at radius 3 is 3.15 bits per heavy atom. The summed E-state index contributed by atoms with van der Waals surface area (Å²) in [4.78, 5) is 11.5. The highest BCUT2D eigenvalue weighted by Gasteiger charge is 2.20. The molecular formula is C9H16N2OS. The molecule has 0 aromatic rings. The molecule has 4 heteroatoms. The summed E-state index contributed by atoms with van der Waals surface area (Å²) in [5.74, 6) is 2.05. The fraction of sp³-hybridized carbons (Fsp3) is 0.667. The first-order valence-electron chi connectivity index (χ1n) is 4.48. The first kappa shape index (κ1) is 10.6. The molecule has 1 saturated heterocycles. The summed E-state index contributed by atoms with van der Waals surface area (Å²) in [5, 5.41) is 6.05. The molecule has 0 saturated carbocycles. The van der Waals surface area contributed by atoms with E-state index in [0.717, 1.165) is 18.1 Å². The Bertz CT molecular complexity index is 190. The molecule has 1 fully saturated rings. The van der Waals surface area contributed by atoms with E-state index >= 15 is 0 Å². The molecule has 13 heavy (non-hydrogen) atoms. The Morgan fingerprint density at radius 1 is 1.85 bits per heavy atom. The quantitative estimate of drug-likeness (QED) is 0.647. The first-order valence-corrected chi connectivity index (χ1v) is 5.63. The summed E-state index contributed by atoms with van der Waals surface area (Å²) in [5.41, 5.74) is 0. The molecule has 0 radical (unpaired) electrons. The van der Waals surface area contributed by atoms with Gasteiger partial charge in [0.05, 0.1) is 6.04 Å². The van der Waals surface area contributed by atoms with Crippen molar-refractivity contribution in [1.29, 1.82) is 0 Å². The van der Waals surface area contributed by atoms with Gasteiger partial charge in [-0.05, 0) is 6.92 Å². The molecular weight excluding hydrogens is 184 g/mol. The molecule has 2 unspecified atom stereocenters. The van der Waals surface area contributed by atoms with Crippen molar-refractivity contribution in [3.8, 4) is 0 Å². The van der Waals surface area contributed by atoms with Gasteiger partial charge in [-0.15, -0.1) is 6.58 Å². The Morgan fingerprint density at radius 2 is 2.62 bits per heavy atom. The first-order chi connectivity index (χ1) is 6.24. The van der Waals surface area contributed by atoms with Crippen LogP contribution < -0.4 is 10.6 Å². The number of nitrogens with one attached hydrogen (secondary N) is 2. The van der Waals surface area contributed by atoms with Crippen molar-refractivity contribution in [3.63, 3.8) is 0 Å². The lowest BCUT2D eigenvalue weighted by Gasteiger charge is -2.23. The molecule has 1 aliphatic rings. The summed E-state index contributed by atoms with van der Waals surface area (Å²) < 4.78 is 0. The third-order valence-electron chi connectivity index (χ3n) is 1.96. The zero-order chi connectivity index (χ0) is 9.68. The minimum Gasteiger partial charge on any atom is -0.349 e. The lowest BCUT2D eigenvalue weighted by molar-refractivity contribution is -0.122. The highest BCUT2D eigenvalue weighted by molar-refractivity contribution is 7.99. The third-order valence-corrected chi connectivity index (χ3v) is 3.02. The predicted octanol–water partition coefficient (Wildman–Crippen LogP) is 0.382. The van der Waals surface area contributed by atoms with Crippen molar-refractivity contribution in [1.82, 2.24) is 10.6 Å². The van der Waals surface area contributed by atoms with Gasteiger partial charge in [-0.2, -0.15) is 11.8 Å². The zero-order valence-corrected chi connectivity index (χ0v) is 8.69. The molecule has 0 aliphatic carbocycles. The number of carbonyl (C=O) groups is 1. The van der Waals surface area contributed by atoms with E-state index in [1.165, 1.54) is 0 Å². The minimum atomic E-state index is -0.0267. The van der Waals surface area contributed by atoms with E-state index in [9.17, 15) is 4.79 Å². The molecule has 0 aromatic heterocycles. The van der Waals surface area contributed by atoms with Crippen LogP contribution in [-0.2, 0) is 4.79 Å². The summed E-state index contributed by atoms with van der Waals surface area (Å²) in [7, 11) is 0. The van der Waals surface area contributed by atoms with E-state index in [1.807, 2.05) is 18.7 Å². The van der Waals surface area contributed by atoms with Crippen molar-refractivity contribution in [2.45, 2.75) is 19.0 Å². The number of hydrogen-bond donors (Lipinski definition) is 2. The van der Waals surface area contributed by atoms with Gasteiger partial charge in [0.2, 0.25) is 5.91 Å². The van der Waals surface area contributed by atoms with E-state index in [2.05, 4.69) is 17.2 Å². The van der Waals surface area contributed by atoms with Crippen molar-refractivity contribution < 1.29 is 4.79 Å². The van der Waals surface area contributed by atoms with Crippen LogP contribution in [0.4, 0.5) is 0 Å². The monoisotopic (exact) mass is 200 g/mol. The minimum absolute atomic E-state index is 0.0267. The van der Waals surface area contributed by atoms with Crippen molar-refractivity contribution in [2.75, 3.05) is 18.1 Å². The van der Waals surface area contributed by atoms with E-state index in [1.54, 1.807) is 6.08 Å². The van der Waals surface area contributed by atoms with Crippen molar-refractivity contribution in [3.05, 3.63) is 12.7 Å². The van der Waals surface area contributed by atoms with Gasteiger partial charge in [-0.3, -0.25) is 4.79 Å². The van der Waals surface area contributed by atoms with Gasteiger partial charge in [0, 0.05) is 24.1 Å². The lowest BCUT2D eigenvalue weighted by Crippen LogP contribution is -2.50. The van der Waals surface area contributed by atoms with Gasteiger partial charge in [0.1, 0.15) is 0 Å². The van der Waals surface area contributed by atoms with Gasteiger partial charge in [0.25, 0.3) is 0 Å². The van der Waals surface area contributed by atoms with Crippen LogP contribution in [0.15, 0.2) is 12.7 Å². The van der Waals surface area contributed by atoms with Crippen LogP contribution in [0.1, 0.15) is 6.92 Å². The second-order valence-corrected chi connectivity index (χ2v) is 4.26. The normalized spacial score (nSPS) is 24.8. The Labute approximate surface area is 83.3 Å². The average molecular weight is 200 g/mol. The maximum absolute atomic E-state index is 11.5. The second kappa shape index (κ2) is 5.29. The predicted molar refractivity (Wildman–Crippen MR) is 56.9 cm³/mol. The van der Waals surface area contributed by atoms with Crippen LogP contribution in [0, 0.1) is 0 Å². The van der Waals surface area contributed by atoms with Crippen LogP contribution in [0.3, 0.4) is 0 Å². The number of thioether (sulfide) groups is 1. The molecule has 1 rings (SSSR count). The van der Waals surface area contributed by atoms with Crippen LogP contribution in [0.2, 0.25) is 0 Å². The molecule has 1 aliphatic heterocycles. The summed E-state index contributed by atoms with van der Waals surface area (Å²) in [6, 6.07) is 0.0300. The fourth-order valence-corrected chi connectivity index (χ4v) is 2.05. The van der Waals surface area contributed by atoms with Gasteiger partial charge >= 0.3 is 0 Å². The Balaban J connectivity index is 2.32. The number of rotatable bonds is 3. The van der Waals surface area contributed by atoms with Gasteiger partial charge in [0.15, 0.2) is 0 Å². The molecule has 1 heterocycles. The lowest BCUT2D eigenvalue weighted by atomic mass is 10.2. The zero-order valence-electron chi connectivity index (χ0n) is 7.88. The van der Waals surface area contributed by atoms with Crippen LogP contribution in [0.25, 0.3) is 0 Å². The topological polar surface area (TPSA) is 41.1 Å². The average Bonchev–Trinajstić information content (AvgIpc) is 2.19. The standard InChI is InChI=1S/C9H16N2OS/c1-3-7(2)11-9(12)8-6-13-5-4-10-8/h3,7-8,10H,1,4-6H2,2H3,(H,11,12). The smallest absolute Gasteiger partial charge is 0.238 e. The van der Waals surface area contributed by atoms with Gasteiger partial charge in [-0.25, -0.2) is 0 Å². The van der Waals surface area contributed by atoms with Crippen LogP contribution in [0.5, 0.6) is 0 Å². The molecule has 2 atom stereocenters. The highest BCUT2D eigenvalue weighted by Crippen LogP contribution is 2.07. The van der Waals surface area contributed by atoms with Crippen LogP contribution >= 0.6 is 11.8 Å².